The molecule has 2 N–H and O–H groups in total. The summed E-state index contributed by atoms with van der Waals surface area (Å²) in [5.74, 6) is 1.53. The van der Waals surface area contributed by atoms with Gasteiger partial charge < -0.3 is 10.6 Å². The lowest BCUT2D eigenvalue weighted by Crippen LogP contribution is -2.15. The zero-order valence-electron chi connectivity index (χ0n) is 14.3. The fourth-order valence-corrected chi connectivity index (χ4v) is 2.36. The van der Waals surface area contributed by atoms with E-state index in [0.717, 1.165) is 12.0 Å². The minimum atomic E-state index is -0.321. The van der Waals surface area contributed by atoms with E-state index < -0.39 is 0 Å². The third-order valence-electron chi connectivity index (χ3n) is 3.90. The molecule has 0 fully saturated rings. The maximum atomic E-state index is 13.9. The van der Waals surface area contributed by atoms with Gasteiger partial charge in [0.15, 0.2) is 5.82 Å². The quantitative estimate of drug-likeness (QED) is 0.646. The van der Waals surface area contributed by atoms with Crippen LogP contribution in [-0.2, 0) is 0 Å². The van der Waals surface area contributed by atoms with Gasteiger partial charge in [0.1, 0.15) is 17.5 Å². The molecule has 1 atom stereocenters. The summed E-state index contributed by atoms with van der Waals surface area (Å²) < 4.78 is 13.9. The largest absolute Gasteiger partial charge is 0.367 e. The average Bonchev–Trinajstić information content (AvgIpc) is 2.64. The Bertz CT molecular complexity index is 836. The van der Waals surface area contributed by atoms with Crippen molar-refractivity contribution in [2.45, 2.75) is 26.3 Å². The Hall–Kier alpha value is -2.95. The van der Waals surface area contributed by atoms with Gasteiger partial charge in [-0.2, -0.15) is 0 Å². The molecule has 2 aromatic carbocycles. The lowest BCUT2D eigenvalue weighted by Gasteiger charge is -2.15. The first-order valence-electron chi connectivity index (χ1n) is 8.38. The summed E-state index contributed by atoms with van der Waals surface area (Å²) in [5, 5.41) is 6.41. The van der Waals surface area contributed by atoms with E-state index in [-0.39, 0.29) is 11.9 Å². The van der Waals surface area contributed by atoms with Crippen LogP contribution in [0.5, 0.6) is 0 Å². The third-order valence-corrected chi connectivity index (χ3v) is 3.90. The van der Waals surface area contributed by atoms with Crippen LogP contribution in [0.3, 0.4) is 0 Å². The molecule has 0 saturated carbocycles. The van der Waals surface area contributed by atoms with E-state index in [1.54, 1.807) is 24.3 Å². The van der Waals surface area contributed by atoms with Crippen molar-refractivity contribution in [2.24, 2.45) is 0 Å². The van der Waals surface area contributed by atoms with Crippen LogP contribution in [-0.4, -0.2) is 16.0 Å². The fraction of sp³-hybridized carbons (Fsp3) is 0.200. The smallest absolute Gasteiger partial charge is 0.163 e. The van der Waals surface area contributed by atoms with E-state index in [1.807, 2.05) is 30.3 Å². The highest BCUT2D eigenvalue weighted by Crippen LogP contribution is 2.24. The zero-order chi connectivity index (χ0) is 17.6. The topological polar surface area (TPSA) is 49.8 Å². The second kappa shape index (κ2) is 7.75. The molecule has 0 aliphatic carbocycles. The number of nitrogens with zero attached hydrogens (tertiary/aromatic N) is 2. The van der Waals surface area contributed by atoms with Gasteiger partial charge in [0.05, 0.1) is 5.69 Å². The monoisotopic (exact) mass is 336 g/mol. The van der Waals surface area contributed by atoms with E-state index >= 15 is 0 Å². The van der Waals surface area contributed by atoms with E-state index in [1.165, 1.54) is 6.07 Å². The number of hydrogen-bond donors (Lipinski definition) is 2. The summed E-state index contributed by atoms with van der Waals surface area (Å²) in [6.45, 7) is 4.20. The van der Waals surface area contributed by atoms with Crippen LogP contribution in [0, 0.1) is 5.82 Å². The molecule has 128 valence electrons. The highest BCUT2D eigenvalue weighted by atomic mass is 19.1. The second-order valence-electron chi connectivity index (χ2n) is 5.89. The minimum Gasteiger partial charge on any atom is -0.367 e. The molecule has 3 rings (SSSR count). The van der Waals surface area contributed by atoms with E-state index in [2.05, 4.69) is 34.4 Å². The highest BCUT2D eigenvalue weighted by molar-refractivity contribution is 5.65. The second-order valence-corrected chi connectivity index (χ2v) is 5.89. The lowest BCUT2D eigenvalue weighted by atomic mass is 10.2. The molecule has 4 nitrogen and oxygen atoms in total. The van der Waals surface area contributed by atoms with Gasteiger partial charge in [0.2, 0.25) is 0 Å². The molecule has 0 aliphatic heterocycles. The first-order valence-corrected chi connectivity index (χ1v) is 8.38. The molecular formula is C20H21FN4. The Morgan fingerprint density at radius 2 is 1.64 bits per heavy atom. The van der Waals surface area contributed by atoms with Gasteiger partial charge in [0, 0.05) is 17.7 Å². The molecule has 1 unspecified atom stereocenters. The lowest BCUT2D eigenvalue weighted by molar-refractivity contribution is 0.632. The van der Waals surface area contributed by atoms with Gasteiger partial charge in [-0.3, -0.25) is 0 Å². The summed E-state index contributed by atoms with van der Waals surface area (Å²) >= 11 is 0. The van der Waals surface area contributed by atoms with Crippen LogP contribution < -0.4 is 10.6 Å². The number of para-hydroxylation sites is 1. The zero-order valence-corrected chi connectivity index (χ0v) is 14.3. The third kappa shape index (κ3) is 4.32. The average molecular weight is 336 g/mol. The number of rotatable bonds is 6. The molecule has 1 aromatic heterocycles. The Morgan fingerprint density at radius 3 is 2.36 bits per heavy atom. The van der Waals surface area contributed by atoms with E-state index in [0.29, 0.717) is 23.1 Å². The van der Waals surface area contributed by atoms with Crippen molar-refractivity contribution < 1.29 is 4.39 Å². The molecule has 0 radical (unpaired) electrons. The van der Waals surface area contributed by atoms with Gasteiger partial charge >= 0.3 is 0 Å². The number of halogens is 1. The van der Waals surface area contributed by atoms with Crippen molar-refractivity contribution in [3.63, 3.8) is 0 Å². The summed E-state index contributed by atoms with van der Waals surface area (Å²) in [7, 11) is 0. The maximum absolute atomic E-state index is 13.9. The summed E-state index contributed by atoms with van der Waals surface area (Å²) in [6, 6.07) is 18.4. The van der Waals surface area contributed by atoms with Gasteiger partial charge in [-0.05, 0) is 25.5 Å². The molecule has 0 saturated heterocycles. The minimum absolute atomic E-state index is 0.278. The Balaban J connectivity index is 1.99. The summed E-state index contributed by atoms with van der Waals surface area (Å²) in [4.78, 5) is 9.14. The molecule has 0 amide bonds. The molecular weight excluding hydrogens is 315 g/mol. The first kappa shape index (κ1) is 16.9. The maximum Gasteiger partial charge on any atom is 0.163 e. The van der Waals surface area contributed by atoms with Crippen molar-refractivity contribution in [3.8, 4) is 11.4 Å². The normalized spacial score (nSPS) is 11.8. The van der Waals surface area contributed by atoms with Crippen LogP contribution >= 0.6 is 0 Å². The van der Waals surface area contributed by atoms with Crippen LogP contribution in [0.15, 0.2) is 60.7 Å². The Labute approximate surface area is 147 Å². The van der Waals surface area contributed by atoms with Gasteiger partial charge in [-0.1, -0.05) is 49.4 Å². The van der Waals surface area contributed by atoms with Crippen LogP contribution in [0.25, 0.3) is 11.4 Å². The van der Waals surface area contributed by atoms with Crippen molar-refractivity contribution in [1.82, 2.24) is 9.97 Å². The predicted molar refractivity (Wildman–Crippen MR) is 101 cm³/mol. The number of hydrogen-bond acceptors (Lipinski definition) is 4. The first-order chi connectivity index (χ1) is 12.2. The highest BCUT2D eigenvalue weighted by Gasteiger charge is 2.10. The fourth-order valence-electron chi connectivity index (χ4n) is 2.36. The van der Waals surface area contributed by atoms with Crippen LogP contribution in [0.4, 0.5) is 21.7 Å². The van der Waals surface area contributed by atoms with Crippen molar-refractivity contribution in [2.75, 3.05) is 10.6 Å². The van der Waals surface area contributed by atoms with E-state index in [4.69, 9.17) is 0 Å². The van der Waals surface area contributed by atoms with Gasteiger partial charge in [-0.15, -0.1) is 0 Å². The standard InChI is InChI=1S/C20H21FN4/c1-3-14(2)22-18-13-19(23-17-12-8-7-11-16(17)21)25-20(24-18)15-9-5-4-6-10-15/h4-14H,3H2,1-2H3,(H2,22,23,24,25). The number of anilines is 3. The molecule has 5 heteroatoms. The summed E-state index contributed by atoms with van der Waals surface area (Å²) in [6.07, 6.45) is 0.973. The number of benzene rings is 2. The molecule has 25 heavy (non-hydrogen) atoms. The van der Waals surface area contributed by atoms with Crippen LogP contribution in [0.2, 0.25) is 0 Å². The Morgan fingerprint density at radius 1 is 0.960 bits per heavy atom. The van der Waals surface area contributed by atoms with Crippen molar-refractivity contribution in [3.05, 3.63) is 66.5 Å². The Kier molecular flexibility index (Phi) is 5.23. The molecule has 3 aromatic rings. The SMILES string of the molecule is CCC(C)Nc1cc(Nc2ccccc2F)nc(-c2ccccc2)n1. The molecule has 0 bridgehead atoms. The van der Waals surface area contributed by atoms with Crippen molar-refractivity contribution in [1.29, 1.82) is 0 Å². The predicted octanol–water partition coefficient (Wildman–Crippen LogP) is 5.24. The molecule has 1 heterocycles. The van der Waals surface area contributed by atoms with Crippen LogP contribution in [0.1, 0.15) is 20.3 Å². The van der Waals surface area contributed by atoms with Gasteiger partial charge in [0.25, 0.3) is 0 Å². The van der Waals surface area contributed by atoms with Gasteiger partial charge in [-0.25, -0.2) is 14.4 Å². The van der Waals surface area contributed by atoms with Crippen molar-refractivity contribution >= 4 is 17.3 Å². The summed E-state index contributed by atoms with van der Waals surface area (Å²) in [5.41, 5.74) is 1.29. The number of aromatic nitrogens is 2. The number of nitrogens with one attached hydrogen (secondary N) is 2. The van der Waals surface area contributed by atoms with E-state index in [9.17, 15) is 4.39 Å². The molecule has 0 aliphatic rings. The molecule has 0 spiro atoms.